The van der Waals surface area contributed by atoms with Crippen LogP contribution in [0.3, 0.4) is 0 Å². The Labute approximate surface area is 101 Å². The molecule has 6 heteroatoms. The van der Waals surface area contributed by atoms with Crippen molar-refractivity contribution < 1.29 is 4.92 Å². The Balaban J connectivity index is 2.12. The number of nitro groups is 1. The summed E-state index contributed by atoms with van der Waals surface area (Å²) in [5.41, 5.74) is -0.0121. The van der Waals surface area contributed by atoms with Crippen LogP contribution in [0.25, 0.3) is 0 Å². The molecule has 0 saturated carbocycles. The van der Waals surface area contributed by atoms with E-state index in [4.69, 9.17) is 0 Å². The summed E-state index contributed by atoms with van der Waals surface area (Å²) >= 11 is 3.27. The topological polar surface area (TPSA) is 68.1 Å². The molecule has 0 radical (unpaired) electrons. The highest BCUT2D eigenvalue weighted by atomic mass is 79.9. The number of halogens is 1. The largest absolute Gasteiger partial charge is 0.366 e. The van der Waals surface area contributed by atoms with Crippen LogP contribution in [-0.4, -0.2) is 15.9 Å². The number of hydrogen-bond donors (Lipinski definition) is 1. The van der Waals surface area contributed by atoms with Crippen LogP contribution in [0.4, 0.5) is 11.5 Å². The van der Waals surface area contributed by atoms with E-state index >= 15 is 0 Å². The summed E-state index contributed by atoms with van der Waals surface area (Å²) in [7, 11) is 0. The average molecular weight is 284 g/mol. The van der Waals surface area contributed by atoms with Crippen LogP contribution in [0.2, 0.25) is 0 Å². The zero-order valence-corrected chi connectivity index (χ0v) is 9.98. The summed E-state index contributed by atoms with van der Waals surface area (Å²) < 4.78 is 0.619. The quantitative estimate of drug-likeness (QED) is 0.526. The minimum Gasteiger partial charge on any atom is -0.366 e. The van der Waals surface area contributed by atoms with Crippen LogP contribution in [-0.2, 0) is 0 Å². The van der Waals surface area contributed by atoms with Gasteiger partial charge >= 0.3 is 0 Å². The Morgan fingerprint density at radius 2 is 2.19 bits per heavy atom. The Bertz CT molecular complexity index is 440. The Hall–Kier alpha value is -1.43. The van der Waals surface area contributed by atoms with Crippen molar-refractivity contribution in [1.82, 2.24) is 4.98 Å². The first-order valence-corrected chi connectivity index (χ1v) is 5.67. The van der Waals surface area contributed by atoms with Crippen molar-refractivity contribution in [2.24, 2.45) is 0 Å². The molecule has 0 fully saturated rings. The van der Waals surface area contributed by atoms with Crippen molar-refractivity contribution >= 4 is 27.4 Å². The molecule has 0 unspecified atom stereocenters. The number of rotatable bonds is 3. The van der Waals surface area contributed by atoms with E-state index in [0.717, 1.165) is 12.8 Å². The summed E-state index contributed by atoms with van der Waals surface area (Å²) in [6.45, 7) is 0. The minimum atomic E-state index is -0.460. The summed E-state index contributed by atoms with van der Waals surface area (Å²) in [6.07, 6.45) is 7.40. The second kappa shape index (κ2) is 4.61. The van der Waals surface area contributed by atoms with Gasteiger partial charge < -0.3 is 5.32 Å². The van der Waals surface area contributed by atoms with Crippen molar-refractivity contribution in [2.45, 2.75) is 18.9 Å². The van der Waals surface area contributed by atoms with Gasteiger partial charge in [-0.15, -0.1) is 0 Å². The van der Waals surface area contributed by atoms with Gasteiger partial charge in [-0.25, -0.2) is 4.98 Å². The zero-order valence-electron chi connectivity index (χ0n) is 8.39. The molecule has 1 N–H and O–H groups in total. The molecule has 1 aromatic rings. The van der Waals surface area contributed by atoms with Gasteiger partial charge in [-0.05, 0) is 28.8 Å². The molecule has 0 aromatic carbocycles. The Morgan fingerprint density at radius 3 is 2.75 bits per heavy atom. The number of hydrogen-bond acceptors (Lipinski definition) is 4. The smallest absolute Gasteiger partial charge is 0.288 e. The van der Waals surface area contributed by atoms with E-state index in [9.17, 15) is 10.1 Å². The second-order valence-electron chi connectivity index (χ2n) is 3.57. The predicted octanol–water partition coefficient (Wildman–Crippen LogP) is 2.88. The third-order valence-electron chi connectivity index (χ3n) is 2.39. The fourth-order valence-corrected chi connectivity index (χ4v) is 2.01. The van der Waals surface area contributed by atoms with E-state index < -0.39 is 4.92 Å². The van der Waals surface area contributed by atoms with Crippen molar-refractivity contribution in [2.75, 3.05) is 5.32 Å². The van der Waals surface area contributed by atoms with Crippen LogP contribution >= 0.6 is 15.9 Å². The fourth-order valence-electron chi connectivity index (χ4n) is 1.56. The SMILES string of the molecule is O=[N+]([O-])c1cnc(NC2CC=CC2)c(Br)c1. The van der Waals surface area contributed by atoms with Crippen LogP contribution in [0.15, 0.2) is 28.9 Å². The lowest BCUT2D eigenvalue weighted by Gasteiger charge is -2.13. The van der Waals surface area contributed by atoms with Gasteiger partial charge in [0.2, 0.25) is 0 Å². The third kappa shape index (κ3) is 2.38. The van der Waals surface area contributed by atoms with Crippen molar-refractivity contribution in [3.8, 4) is 0 Å². The fraction of sp³-hybridized carbons (Fsp3) is 0.300. The highest BCUT2D eigenvalue weighted by Crippen LogP contribution is 2.26. The second-order valence-corrected chi connectivity index (χ2v) is 4.42. The maximum absolute atomic E-state index is 10.5. The summed E-state index contributed by atoms with van der Waals surface area (Å²) in [6, 6.07) is 1.79. The first kappa shape index (κ1) is 11.1. The maximum atomic E-state index is 10.5. The number of pyridine rings is 1. The predicted molar refractivity (Wildman–Crippen MR) is 64.4 cm³/mol. The maximum Gasteiger partial charge on any atom is 0.288 e. The first-order chi connectivity index (χ1) is 7.66. The molecule has 84 valence electrons. The number of anilines is 1. The Morgan fingerprint density at radius 1 is 1.50 bits per heavy atom. The molecule has 0 saturated heterocycles. The molecule has 0 amide bonds. The van der Waals surface area contributed by atoms with Gasteiger partial charge in [0.05, 0.1) is 9.40 Å². The van der Waals surface area contributed by atoms with Crippen molar-refractivity contribution in [1.29, 1.82) is 0 Å². The van der Waals surface area contributed by atoms with Crippen LogP contribution < -0.4 is 5.32 Å². The van der Waals surface area contributed by atoms with E-state index in [0.29, 0.717) is 16.3 Å². The van der Waals surface area contributed by atoms with Gasteiger partial charge in [-0.2, -0.15) is 0 Å². The molecule has 0 atom stereocenters. The summed E-state index contributed by atoms with van der Waals surface area (Å²) in [5, 5.41) is 13.8. The molecule has 16 heavy (non-hydrogen) atoms. The average Bonchev–Trinajstić information content (AvgIpc) is 2.73. The molecule has 1 aliphatic rings. The molecule has 2 rings (SSSR count). The molecule has 1 heterocycles. The lowest BCUT2D eigenvalue weighted by molar-refractivity contribution is -0.385. The number of nitrogens with zero attached hydrogens (tertiary/aromatic N) is 2. The molecule has 1 aromatic heterocycles. The first-order valence-electron chi connectivity index (χ1n) is 4.88. The van der Waals surface area contributed by atoms with E-state index in [-0.39, 0.29) is 5.69 Å². The molecule has 5 nitrogen and oxygen atoms in total. The molecule has 0 spiro atoms. The van der Waals surface area contributed by atoms with Crippen LogP contribution in [0.5, 0.6) is 0 Å². The normalized spacial score (nSPS) is 15.3. The van der Waals surface area contributed by atoms with Gasteiger partial charge in [0, 0.05) is 12.1 Å². The van der Waals surface area contributed by atoms with Crippen LogP contribution in [0, 0.1) is 10.1 Å². The van der Waals surface area contributed by atoms with Gasteiger partial charge in [-0.3, -0.25) is 10.1 Å². The molecule has 0 aliphatic heterocycles. The van der Waals surface area contributed by atoms with Gasteiger partial charge in [0.1, 0.15) is 12.0 Å². The van der Waals surface area contributed by atoms with E-state index in [1.807, 2.05) is 0 Å². The number of nitrogens with one attached hydrogen (secondary N) is 1. The molecular formula is C10H10BrN3O2. The van der Waals surface area contributed by atoms with Crippen molar-refractivity contribution in [3.63, 3.8) is 0 Å². The Kier molecular flexibility index (Phi) is 3.19. The highest BCUT2D eigenvalue weighted by Gasteiger charge is 2.14. The zero-order chi connectivity index (χ0) is 11.5. The van der Waals surface area contributed by atoms with Gasteiger partial charge in [-0.1, -0.05) is 12.2 Å². The standard InChI is InChI=1S/C10H10BrN3O2/c11-9-5-8(14(15)16)6-12-10(9)13-7-3-1-2-4-7/h1-2,5-7H,3-4H2,(H,12,13). The van der Waals surface area contributed by atoms with E-state index in [1.54, 1.807) is 0 Å². The van der Waals surface area contributed by atoms with E-state index in [1.165, 1.54) is 12.3 Å². The van der Waals surface area contributed by atoms with Gasteiger partial charge in [0.25, 0.3) is 5.69 Å². The highest BCUT2D eigenvalue weighted by molar-refractivity contribution is 9.10. The van der Waals surface area contributed by atoms with Crippen LogP contribution in [0.1, 0.15) is 12.8 Å². The summed E-state index contributed by atoms with van der Waals surface area (Å²) in [5.74, 6) is 0.652. The minimum absolute atomic E-state index is 0.0121. The third-order valence-corrected chi connectivity index (χ3v) is 2.99. The molecular weight excluding hydrogens is 274 g/mol. The molecule has 0 bridgehead atoms. The monoisotopic (exact) mass is 283 g/mol. The van der Waals surface area contributed by atoms with E-state index in [2.05, 4.69) is 38.4 Å². The summed E-state index contributed by atoms with van der Waals surface area (Å²) in [4.78, 5) is 14.1. The van der Waals surface area contributed by atoms with Crippen molar-refractivity contribution in [3.05, 3.63) is 39.0 Å². The lowest BCUT2D eigenvalue weighted by Crippen LogP contribution is -2.16. The van der Waals surface area contributed by atoms with Gasteiger partial charge in [0.15, 0.2) is 0 Å². The number of aromatic nitrogens is 1. The molecule has 1 aliphatic carbocycles. The lowest BCUT2D eigenvalue weighted by atomic mass is 10.2.